The van der Waals surface area contributed by atoms with Gasteiger partial charge in [-0.3, -0.25) is 19.6 Å². The van der Waals surface area contributed by atoms with Gasteiger partial charge in [0.1, 0.15) is 30.7 Å². The Balaban J connectivity index is 1.03. The third-order valence-corrected chi connectivity index (χ3v) is 13.0. The van der Waals surface area contributed by atoms with Crippen LogP contribution in [0, 0.1) is 0 Å². The van der Waals surface area contributed by atoms with Crippen molar-refractivity contribution in [3.63, 3.8) is 0 Å². The Kier molecular flexibility index (Phi) is 14.0. The highest BCUT2D eigenvalue weighted by atomic mass is 35.5. The molecule has 3 aliphatic carbocycles. The second kappa shape index (κ2) is 20.1. The summed E-state index contributed by atoms with van der Waals surface area (Å²) in [5.74, 6) is 1.00. The fraction of sp³-hybridized carbons (Fsp3) is 0.500. The number of hydrogen-bond donors (Lipinski definition) is 0. The van der Waals surface area contributed by atoms with Gasteiger partial charge >= 0.3 is 6.09 Å². The quantitative estimate of drug-likeness (QED) is 0.116. The van der Waals surface area contributed by atoms with E-state index >= 15 is 4.79 Å². The molecular weight excluding hydrogens is 776 g/mol. The van der Waals surface area contributed by atoms with E-state index in [1.165, 1.54) is 30.4 Å². The van der Waals surface area contributed by atoms with E-state index in [2.05, 4.69) is 39.2 Å². The predicted octanol–water partition coefficient (Wildman–Crippen LogP) is 9.03. The number of carbonyl (C=O) groups is 2. The molecule has 2 saturated carbocycles. The summed E-state index contributed by atoms with van der Waals surface area (Å²) in [6.07, 6.45) is 18.2. The Bertz CT molecular complexity index is 2060. The zero-order chi connectivity index (χ0) is 41.3. The first-order valence-electron chi connectivity index (χ1n) is 22.1. The number of pyridine rings is 1. The van der Waals surface area contributed by atoms with E-state index in [0.717, 1.165) is 80.4 Å². The molecule has 1 aliphatic heterocycles. The number of fused-ring (bicyclic) bond motifs is 2. The molecule has 1 saturated heterocycles. The van der Waals surface area contributed by atoms with Gasteiger partial charge < -0.3 is 23.7 Å². The zero-order valence-electron chi connectivity index (χ0n) is 34.8. The number of rotatable bonds is 14. The lowest BCUT2D eigenvalue weighted by molar-refractivity contribution is -0.140. The summed E-state index contributed by atoms with van der Waals surface area (Å²) in [6, 6.07) is 19.4. The topological polar surface area (TPSA) is 102 Å². The minimum atomic E-state index is -0.767. The summed E-state index contributed by atoms with van der Waals surface area (Å²) >= 11 is 6.56. The maximum atomic E-state index is 15.3. The smallest absolute Gasteiger partial charge is 0.410 e. The van der Waals surface area contributed by atoms with Crippen molar-refractivity contribution >= 4 is 23.6 Å². The van der Waals surface area contributed by atoms with E-state index in [-0.39, 0.29) is 30.8 Å². The van der Waals surface area contributed by atoms with Crippen LogP contribution < -0.4 is 0 Å². The van der Waals surface area contributed by atoms with Gasteiger partial charge in [-0.15, -0.1) is 0 Å². The summed E-state index contributed by atoms with van der Waals surface area (Å²) in [6.45, 7) is 7.02. The summed E-state index contributed by atoms with van der Waals surface area (Å²) in [5, 5.41) is 0.704. The zero-order valence-corrected chi connectivity index (χ0v) is 35.5. The molecule has 2 aromatic carbocycles. The molecule has 0 unspecified atom stereocenters. The number of imidazole rings is 1. The molecule has 12 heteroatoms. The van der Waals surface area contributed by atoms with Crippen LogP contribution in [0.5, 0.6) is 0 Å². The van der Waals surface area contributed by atoms with Crippen LogP contribution in [0.4, 0.5) is 4.79 Å². The molecule has 3 heterocycles. The van der Waals surface area contributed by atoms with Crippen LogP contribution in [0.3, 0.4) is 0 Å². The van der Waals surface area contributed by atoms with Crippen LogP contribution in [-0.2, 0) is 51.5 Å². The van der Waals surface area contributed by atoms with E-state index < -0.39 is 12.1 Å². The number of amides is 2. The van der Waals surface area contributed by atoms with Crippen LogP contribution in [0.2, 0.25) is 5.02 Å². The molecule has 3 fully saturated rings. The molecule has 2 atom stereocenters. The highest BCUT2D eigenvalue weighted by Gasteiger charge is 2.43. The number of aryl methyl sites for hydroxylation is 3. The second-order valence-electron chi connectivity index (χ2n) is 16.8. The fourth-order valence-corrected chi connectivity index (χ4v) is 9.75. The lowest BCUT2D eigenvalue weighted by Crippen LogP contribution is -2.62. The Morgan fingerprint density at radius 3 is 2.37 bits per heavy atom. The Labute approximate surface area is 359 Å². The number of aromatic nitrogens is 3. The van der Waals surface area contributed by atoms with Crippen molar-refractivity contribution in [2.45, 2.75) is 127 Å². The predicted molar refractivity (Wildman–Crippen MR) is 231 cm³/mol. The summed E-state index contributed by atoms with van der Waals surface area (Å²) in [5.41, 5.74) is 5.53. The standard InChI is InChI=1S/C48H59ClN6O5/c1-35(59-40-16-7-3-8-17-40)58-34-44-50-25-28-52(44)26-12-27-54(32-36-13-5-2-6-14-36)47(56)43-33-53(29-30-55(43)48(57)60-41-18-9-4-10-19-41)46-42-23-22-39(49)31-38(42)21-20-37-15-11-24-51-45(37)46/h2,5-6,11,13-15,22-25,28,31,40-41,43,46H,1,3-4,7-10,12,16-21,26-27,29-30,32-34H2/t43-,46-/m1/s1. The Hall–Kier alpha value is -4.87. The van der Waals surface area contributed by atoms with Crippen molar-refractivity contribution in [1.82, 2.24) is 29.2 Å². The maximum Gasteiger partial charge on any atom is 0.410 e. The van der Waals surface area contributed by atoms with Crippen molar-refractivity contribution in [2.24, 2.45) is 0 Å². The number of halogens is 1. The number of hydrogen-bond acceptors (Lipinski definition) is 8. The van der Waals surface area contributed by atoms with Gasteiger partial charge in [0.2, 0.25) is 5.91 Å². The van der Waals surface area contributed by atoms with Gasteiger partial charge in [0.15, 0.2) is 0 Å². The second-order valence-corrected chi connectivity index (χ2v) is 17.3. The van der Waals surface area contributed by atoms with E-state index in [1.54, 1.807) is 11.1 Å². The molecule has 4 aliphatic rings. The molecule has 2 aromatic heterocycles. The molecule has 60 heavy (non-hydrogen) atoms. The van der Waals surface area contributed by atoms with Crippen molar-refractivity contribution < 1.29 is 23.8 Å². The molecule has 0 bridgehead atoms. The molecule has 8 rings (SSSR count). The van der Waals surface area contributed by atoms with Crippen molar-refractivity contribution in [3.8, 4) is 0 Å². The summed E-state index contributed by atoms with van der Waals surface area (Å²) < 4.78 is 20.2. The van der Waals surface area contributed by atoms with E-state index in [1.807, 2.05) is 59.8 Å². The van der Waals surface area contributed by atoms with Gasteiger partial charge in [-0.2, -0.15) is 0 Å². The summed E-state index contributed by atoms with van der Waals surface area (Å²) in [7, 11) is 0. The van der Waals surface area contributed by atoms with E-state index in [0.29, 0.717) is 56.7 Å². The normalized spacial score (nSPS) is 20.1. The van der Waals surface area contributed by atoms with Crippen LogP contribution in [0.1, 0.15) is 110 Å². The van der Waals surface area contributed by atoms with Crippen molar-refractivity contribution in [3.05, 3.63) is 131 Å². The largest absolute Gasteiger partial charge is 0.463 e. The first kappa shape index (κ1) is 41.8. The lowest BCUT2D eigenvalue weighted by atomic mass is 9.95. The first-order chi connectivity index (χ1) is 29.4. The van der Waals surface area contributed by atoms with Gasteiger partial charge in [0.25, 0.3) is 5.95 Å². The van der Waals surface area contributed by atoms with Crippen LogP contribution in [0.15, 0.2) is 91.8 Å². The minimum Gasteiger partial charge on any atom is -0.463 e. The van der Waals surface area contributed by atoms with Crippen LogP contribution in [-0.4, -0.2) is 85.7 Å². The van der Waals surface area contributed by atoms with Gasteiger partial charge in [0.05, 0.1) is 11.7 Å². The fourth-order valence-electron chi connectivity index (χ4n) is 9.56. The third-order valence-electron chi connectivity index (χ3n) is 12.7. The van der Waals surface area contributed by atoms with Gasteiger partial charge in [0, 0.05) is 62.9 Å². The average molecular weight is 835 g/mol. The first-order valence-corrected chi connectivity index (χ1v) is 22.5. The van der Waals surface area contributed by atoms with E-state index in [4.69, 9.17) is 30.8 Å². The van der Waals surface area contributed by atoms with Crippen LogP contribution in [0.25, 0.3) is 0 Å². The number of nitrogens with zero attached hydrogens (tertiary/aromatic N) is 6. The highest BCUT2D eigenvalue weighted by molar-refractivity contribution is 6.30. The minimum absolute atomic E-state index is 0.0966. The number of ether oxygens (including phenoxy) is 3. The Morgan fingerprint density at radius 2 is 1.58 bits per heavy atom. The number of benzene rings is 2. The monoisotopic (exact) mass is 834 g/mol. The van der Waals surface area contributed by atoms with Gasteiger partial charge in [-0.25, -0.2) is 9.78 Å². The lowest BCUT2D eigenvalue weighted by Gasteiger charge is -2.45. The molecule has 4 aromatic rings. The molecule has 0 spiro atoms. The van der Waals surface area contributed by atoms with Crippen molar-refractivity contribution in [2.75, 3.05) is 26.2 Å². The van der Waals surface area contributed by atoms with E-state index in [9.17, 15) is 4.79 Å². The molecule has 0 radical (unpaired) electrons. The molecule has 2 amide bonds. The SMILES string of the molecule is C=C(OCc1nccn1CCCN(Cc1ccccc1)C(=O)[C@H]1CN([C@@H]2c3ccc(Cl)cc3CCc3cccnc32)CCN1C(=O)OC1CCCCC1)OC1CCCCC1. The maximum absolute atomic E-state index is 15.3. The van der Waals surface area contributed by atoms with Crippen LogP contribution >= 0.6 is 11.6 Å². The number of carbonyl (C=O) groups excluding carboxylic acids is 2. The Morgan fingerprint density at radius 1 is 0.833 bits per heavy atom. The summed E-state index contributed by atoms with van der Waals surface area (Å²) in [4.78, 5) is 45.0. The molecule has 11 nitrogen and oxygen atoms in total. The van der Waals surface area contributed by atoms with Gasteiger partial charge in [-0.05, 0) is 118 Å². The molecule has 318 valence electrons. The molecule has 0 N–H and O–H groups in total. The van der Waals surface area contributed by atoms with Crippen molar-refractivity contribution in [1.29, 1.82) is 0 Å². The average Bonchev–Trinajstić information content (AvgIpc) is 3.66. The van der Waals surface area contributed by atoms with Gasteiger partial charge in [-0.1, -0.05) is 66.9 Å². The highest BCUT2D eigenvalue weighted by Crippen LogP contribution is 2.38. The number of piperazine rings is 1. The third kappa shape index (κ3) is 10.3. The molecular formula is C48H59ClN6O5.